The number of benzene rings is 1. The number of likely N-dealkylation sites (tertiary alicyclic amines) is 1. The summed E-state index contributed by atoms with van der Waals surface area (Å²) in [5.74, 6) is 1.89. The van der Waals surface area contributed by atoms with Crippen LogP contribution in [0.1, 0.15) is 30.6 Å². The highest BCUT2D eigenvalue weighted by atomic mass is 16.5. The minimum absolute atomic E-state index is 0.342. The van der Waals surface area contributed by atoms with Crippen LogP contribution in [0.3, 0.4) is 0 Å². The van der Waals surface area contributed by atoms with E-state index in [4.69, 9.17) is 13.9 Å². The average molecular weight is 373 g/mol. The van der Waals surface area contributed by atoms with E-state index in [1.54, 1.807) is 7.11 Å². The molecule has 27 heavy (non-hydrogen) atoms. The highest BCUT2D eigenvalue weighted by Gasteiger charge is 2.22. The predicted octanol–water partition coefficient (Wildman–Crippen LogP) is 3.33. The van der Waals surface area contributed by atoms with Gasteiger partial charge in [-0.1, -0.05) is 18.2 Å². The van der Waals surface area contributed by atoms with Gasteiger partial charge in [-0.2, -0.15) is 0 Å². The van der Waals surface area contributed by atoms with Gasteiger partial charge < -0.3 is 24.1 Å². The van der Waals surface area contributed by atoms with Gasteiger partial charge in [0, 0.05) is 51.4 Å². The molecule has 6 nitrogen and oxygen atoms in total. The number of hydrogen-bond acceptors (Lipinski definition) is 4. The summed E-state index contributed by atoms with van der Waals surface area (Å²) in [5, 5.41) is 4.63. The zero-order chi connectivity index (χ0) is 19.1. The number of methoxy groups -OCH3 is 1. The molecule has 0 radical (unpaired) electrons. The Balaban J connectivity index is 1.49. The molecular formula is C21H31N3O3. The summed E-state index contributed by atoms with van der Waals surface area (Å²) in [6.45, 7) is 6.19. The van der Waals surface area contributed by atoms with E-state index >= 15 is 0 Å². The summed E-state index contributed by atoms with van der Waals surface area (Å²) in [6, 6.07) is 8.16. The van der Waals surface area contributed by atoms with Crippen molar-refractivity contribution < 1.29 is 13.9 Å². The molecule has 6 heteroatoms. The van der Waals surface area contributed by atoms with Crippen LogP contribution in [0.25, 0.3) is 11.0 Å². The first-order valence-electron chi connectivity index (χ1n) is 9.76. The molecule has 0 bridgehead atoms. The fourth-order valence-electron chi connectivity index (χ4n) is 3.57. The molecule has 0 unspecified atom stereocenters. The Morgan fingerprint density at radius 1 is 1.26 bits per heavy atom. The lowest BCUT2D eigenvalue weighted by atomic mass is 10.1. The van der Waals surface area contributed by atoms with E-state index in [0.717, 1.165) is 62.9 Å². The average Bonchev–Trinajstić information content (AvgIpc) is 3.03. The van der Waals surface area contributed by atoms with E-state index in [9.17, 15) is 0 Å². The van der Waals surface area contributed by atoms with Crippen LogP contribution < -0.4 is 5.32 Å². The van der Waals surface area contributed by atoms with Gasteiger partial charge in [0.25, 0.3) is 0 Å². The Hall–Kier alpha value is -2.05. The van der Waals surface area contributed by atoms with Crippen molar-refractivity contribution in [2.45, 2.75) is 38.8 Å². The number of nitrogens with zero attached hydrogens (tertiary/aromatic N) is 2. The molecule has 1 aromatic carbocycles. The molecule has 1 fully saturated rings. The lowest BCUT2D eigenvalue weighted by Crippen LogP contribution is -2.46. The van der Waals surface area contributed by atoms with Gasteiger partial charge in [-0.25, -0.2) is 0 Å². The summed E-state index contributed by atoms with van der Waals surface area (Å²) >= 11 is 0. The van der Waals surface area contributed by atoms with Crippen molar-refractivity contribution in [1.82, 2.24) is 10.2 Å². The van der Waals surface area contributed by atoms with Gasteiger partial charge in [0.15, 0.2) is 5.96 Å². The van der Waals surface area contributed by atoms with Crippen molar-refractivity contribution in [3.63, 3.8) is 0 Å². The van der Waals surface area contributed by atoms with E-state index in [1.165, 1.54) is 10.9 Å². The summed E-state index contributed by atoms with van der Waals surface area (Å²) in [5.41, 5.74) is 2.13. The summed E-state index contributed by atoms with van der Waals surface area (Å²) in [6.07, 6.45) is 3.35. The van der Waals surface area contributed by atoms with Crippen LogP contribution in [-0.4, -0.2) is 57.4 Å². The second kappa shape index (κ2) is 9.76. The molecule has 1 aliphatic heterocycles. The van der Waals surface area contributed by atoms with Crippen molar-refractivity contribution in [3.8, 4) is 0 Å². The zero-order valence-electron chi connectivity index (χ0n) is 16.7. The number of piperidine rings is 1. The maximum Gasteiger partial charge on any atom is 0.194 e. The summed E-state index contributed by atoms with van der Waals surface area (Å²) in [7, 11) is 3.56. The molecule has 0 spiro atoms. The van der Waals surface area contributed by atoms with E-state index < -0.39 is 0 Å². The largest absolute Gasteiger partial charge is 0.459 e. The van der Waals surface area contributed by atoms with Crippen LogP contribution in [0.5, 0.6) is 0 Å². The van der Waals surface area contributed by atoms with E-state index in [-0.39, 0.29) is 0 Å². The molecule has 0 aliphatic carbocycles. The van der Waals surface area contributed by atoms with Crippen LogP contribution in [-0.2, 0) is 16.0 Å². The third kappa shape index (κ3) is 5.02. The van der Waals surface area contributed by atoms with Gasteiger partial charge in [-0.05, 0) is 32.3 Å². The monoisotopic (exact) mass is 373 g/mol. The molecule has 0 saturated carbocycles. The summed E-state index contributed by atoms with van der Waals surface area (Å²) < 4.78 is 17.0. The number of furan rings is 1. The first-order chi connectivity index (χ1) is 13.2. The number of guanidine groups is 1. The van der Waals surface area contributed by atoms with Crippen molar-refractivity contribution in [2.24, 2.45) is 4.99 Å². The number of aliphatic imine (C=N–C) groups is 1. The molecule has 2 heterocycles. The molecule has 0 atom stereocenters. The van der Waals surface area contributed by atoms with Crippen LogP contribution >= 0.6 is 0 Å². The Kier molecular flexibility index (Phi) is 7.12. The van der Waals surface area contributed by atoms with Crippen LogP contribution in [0.2, 0.25) is 0 Å². The van der Waals surface area contributed by atoms with Crippen LogP contribution in [0.15, 0.2) is 33.7 Å². The second-order valence-electron chi connectivity index (χ2n) is 6.95. The van der Waals surface area contributed by atoms with Gasteiger partial charge >= 0.3 is 0 Å². The van der Waals surface area contributed by atoms with Gasteiger partial charge in [0.2, 0.25) is 0 Å². The minimum atomic E-state index is 0.342. The number of aryl methyl sites for hydroxylation is 1. The number of ether oxygens (including phenoxy) is 2. The highest BCUT2D eigenvalue weighted by Crippen LogP contribution is 2.24. The Morgan fingerprint density at radius 3 is 2.74 bits per heavy atom. The predicted molar refractivity (Wildman–Crippen MR) is 108 cm³/mol. The molecular weight excluding hydrogens is 342 g/mol. The third-order valence-corrected chi connectivity index (χ3v) is 5.15. The number of para-hydroxylation sites is 1. The maximum atomic E-state index is 6.00. The first-order valence-corrected chi connectivity index (χ1v) is 9.76. The molecule has 3 rings (SSSR count). The molecule has 1 N–H and O–H groups in total. The van der Waals surface area contributed by atoms with Crippen molar-refractivity contribution in [3.05, 3.63) is 35.6 Å². The standard InChI is InChI=1S/C21H31N3O3/c1-16-18-7-4-5-8-19(18)27-20(16)15-23-21(22-2)24-11-9-17(10-12-24)26-14-6-13-25-3/h4-5,7-8,17H,6,9-15H2,1-3H3,(H,22,23). The number of fused-ring (bicyclic) bond motifs is 1. The van der Waals surface area contributed by atoms with Gasteiger partial charge in [0.05, 0.1) is 12.6 Å². The number of hydrogen-bond donors (Lipinski definition) is 1. The van der Waals surface area contributed by atoms with Crippen molar-refractivity contribution >= 4 is 16.9 Å². The lowest BCUT2D eigenvalue weighted by Gasteiger charge is -2.34. The molecule has 1 aromatic heterocycles. The second-order valence-corrected chi connectivity index (χ2v) is 6.95. The van der Waals surface area contributed by atoms with Crippen molar-refractivity contribution in [2.75, 3.05) is 40.5 Å². The Bertz CT molecular complexity index is 748. The fourth-order valence-corrected chi connectivity index (χ4v) is 3.57. The zero-order valence-corrected chi connectivity index (χ0v) is 16.7. The van der Waals surface area contributed by atoms with Crippen LogP contribution in [0, 0.1) is 6.92 Å². The highest BCUT2D eigenvalue weighted by molar-refractivity contribution is 5.83. The summed E-state index contributed by atoms with van der Waals surface area (Å²) in [4.78, 5) is 6.75. The van der Waals surface area contributed by atoms with Gasteiger partial charge in [0.1, 0.15) is 11.3 Å². The number of rotatable bonds is 7. The molecule has 1 saturated heterocycles. The molecule has 148 valence electrons. The Morgan fingerprint density at radius 2 is 2.04 bits per heavy atom. The smallest absolute Gasteiger partial charge is 0.194 e. The maximum absolute atomic E-state index is 6.00. The van der Waals surface area contributed by atoms with Gasteiger partial charge in [-0.3, -0.25) is 4.99 Å². The van der Waals surface area contributed by atoms with E-state index in [0.29, 0.717) is 12.6 Å². The van der Waals surface area contributed by atoms with Crippen molar-refractivity contribution in [1.29, 1.82) is 0 Å². The minimum Gasteiger partial charge on any atom is -0.459 e. The van der Waals surface area contributed by atoms with Gasteiger partial charge in [-0.15, -0.1) is 0 Å². The quantitative estimate of drug-likeness (QED) is 0.458. The molecule has 1 aliphatic rings. The van der Waals surface area contributed by atoms with Crippen LogP contribution in [0.4, 0.5) is 0 Å². The number of nitrogens with one attached hydrogen (secondary N) is 1. The SMILES string of the molecule is CN=C(NCc1oc2ccccc2c1C)N1CCC(OCCCOC)CC1. The molecule has 0 amide bonds. The normalized spacial score (nSPS) is 16.3. The third-order valence-electron chi connectivity index (χ3n) is 5.15. The fraction of sp³-hybridized carbons (Fsp3) is 0.571. The molecule has 2 aromatic rings. The van der Waals surface area contributed by atoms with E-state index in [1.807, 2.05) is 25.2 Å². The Labute approximate surface area is 161 Å². The first kappa shape index (κ1) is 19.7. The topological polar surface area (TPSA) is 59.2 Å². The van der Waals surface area contributed by atoms with E-state index in [2.05, 4.69) is 28.2 Å². The lowest BCUT2D eigenvalue weighted by molar-refractivity contribution is 0.00988.